The van der Waals surface area contributed by atoms with Crippen LogP contribution < -0.4 is 26.8 Å². The van der Waals surface area contributed by atoms with Crippen LogP contribution in [-0.4, -0.2) is 59.1 Å². The van der Waals surface area contributed by atoms with E-state index in [1.54, 1.807) is 36.4 Å². The highest BCUT2D eigenvalue weighted by atomic mass is 16.5. The van der Waals surface area contributed by atoms with Gasteiger partial charge < -0.3 is 37.1 Å². The Hall–Kier alpha value is -4.64. The van der Waals surface area contributed by atoms with E-state index in [-0.39, 0.29) is 36.7 Å². The Balaban J connectivity index is 1.55. The van der Waals surface area contributed by atoms with Gasteiger partial charge >= 0.3 is 5.97 Å². The summed E-state index contributed by atoms with van der Waals surface area (Å²) in [5.41, 5.74) is 12.4. The van der Waals surface area contributed by atoms with E-state index in [9.17, 15) is 24.3 Å². The number of unbranched alkanes of at least 4 members (excludes halogenated alkanes) is 1. The molecule has 0 saturated heterocycles. The number of fused-ring (bicyclic) bond motifs is 1. The second kappa shape index (κ2) is 14.5. The first kappa shape index (κ1) is 29.9. The van der Waals surface area contributed by atoms with Crippen molar-refractivity contribution in [2.24, 2.45) is 11.5 Å². The third-order valence-electron chi connectivity index (χ3n) is 6.24. The highest BCUT2D eigenvalue weighted by Gasteiger charge is 2.22. The Labute approximate surface area is 231 Å². The molecule has 40 heavy (non-hydrogen) atoms. The zero-order chi connectivity index (χ0) is 29.1. The van der Waals surface area contributed by atoms with Crippen LogP contribution in [0.4, 0.5) is 0 Å². The summed E-state index contributed by atoms with van der Waals surface area (Å²) in [6.07, 6.45) is 1.06. The Morgan fingerprint density at radius 1 is 0.950 bits per heavy atom. The summed E-state index contributed by atoms with van der Waals surface area (Å²) in [4.78, 5) is 48.1. The molecule has 0 saturated carbocycles. The van der Waals surface area contributed by atoms with Gasteiger partial charge in [0.15, 0.2) is 0 Å². The van der Waals surface area contributed by atoms with Crippen LogP contribution in [0.1, 0.15) is 41.6 Å². The number of rotatable bonds is 15. The number of aliphatic carboxylic acids is 1. The van der Waals surface area contributed by atoms with Gasteiger partial charge in [-0.05, 0) is 66.3 Å². The summed E-state index contributed by atoms with van der Waals surface area (Å²) in [6, 6.07) is 15.4. The second-order valence-electron chi connectivity index (χ2n) is 9.38. The van der Waals surface area contributed by atoms with Crippen LogP contribution in [0.5, 0.6) is 11.5 Å². The smallest absolute Gasteiger partial charge is 0.303 e. The molecule has 11 heteroatoms. The molecule has 3 aromatic carbocycles. The summed E-state index contributed by atoms with van der Waals surface area (Å²) in [7, 11) is 0. The number of carbonyl (C=O) groups is 4. The number of ether oxygens (including phenoxy) is 1. The molecule has 0 aromatic heterocycles. The molecule has 11 nitrogen and oxygen atoms in total. The molecule has 0 aliphatic carbocycles. The third-order valence-corrected chi connectivity index (χ3v) is 6.24. The van der Waals surface area contributed by atoms with Crippen molar-refractivity contribution in [2.45, 2.75) is 44.2 Å². The minimum atomic E-state index is -1.15. The van der Waals surface area contributed by atoms with Crippen molar-refractivity contribution in [1.29, 1.82) is 0 Å². The molecular formula is C29H34N4O7. The molecule has 3 amide bonds. The van der Waals surface area contributed by atoms with Crippen LogP contribution in [0.15, 0.2) is 60.7 Å². The zero-order valence-corrected chi connectivity index (χ0v) is 22.0. The number of primary amides is 1. The maximum atomic E-state index is 13.1. The summed E-state index contributed by atoms with van der Waals surface area (Å²) < 4.78 is 5.92. The van der Waals surface area contributed by atoms with E-state index in [0.29, 0.717) is 31.6 Å². The fraction of sp³-hybridized carbons (Fsp3) is 0.310. The molecule has 0 radical (unpaired) electrons. The van der Waals surface area contributed by atoms with Gasteiger partial charge in [-0.1, -0.05) is 36.4 Å². The Morgan fingerprint density at radius 2 is 1.62 bits per heavy atom. The zero-order valence-electron chi connectivity index (χ0n) is 22.0. The number of carboxylic acids is 1. The third kappa shape index (κ3) is 8.98. The van der Waals surface area contributed by atoms with Gasteiger partial charge in [-0.3, -0.25) is 19.2 Å². The molecule has 0 bridgehead atoms. The monoisotopic (exact) mass is 550 g/mol. The summed E-state index contributed by atoms with van der Waals surface area (Å²) in [6.45, 7) is 0.646. The number of hydrogen-bond acceptors (Lipinski definition) is 7. The molecule has 3 aromatic rings. The first-order valence-corrected chi connectivity index (χ1v) is 12.9. The molecule has 0 aliphatic rings. The number of carboxylic acid groups (broad SMARTS) is 1. The van der Waals surface area contributed by atoms with E-state index >= 15 is 0 Å². The normalized spacial score (nSPS) is 12.3. The van der Waals surface area contributed by atoms with Crippen LogP contribution in [0.3, 0.4) is 0 Å². The number of hydrogen-bond donors (Lipinski definition) is 6. The molecule has 8 N–H and O–H groups in total. The van der Waals surface area contributed by atoms with Crippen molar-refractivity contribution < 1.29 is 34.1 Å². The molecule has 0 aliphatic heterocycles. The first-order valence-electron chi connectivity index (χ1n) is 12.9. The predicted molar refractivity (Wildman–Crippen MR) is 149 cm³/mol. The van der Waals surface area contributed by atoms with E-state index in [0.717, 1.165) is 16.3 Å². The minimum absolute atomic E-state index is 0.134. The van der Waals surface area contributed by atoms with Crippen molar-refractivity contribution in [3.63, 3.8) is 0 Å². The number of phenolic OH excluding ortho intramolecular Hbond substituents is 1. The van der Waals surface area contributed by atoms with Gasteiger partial charge in [-0.25, -0.2) is 0 Å². The molecular weight excluding hydrogens is 516 g/mol. The first-order chi connectivity index (χ1) is 19.1. The van der Waals surface area contributed by atoms with E-state index in [1.807, 2.05) is 24.3 Å². The molecule has 0 fully saturated rings. The molecule has 0 heterocycles. The lowest BCUT2D eigenvalue weighted by Crippen LogP contribution is -2.44. The molecule has 3 rings (SSSR count). The Kier molecular flexibility index (Phi) is 10.8. The van der Waals surface area contributed by atoms with Crippen LogP contribution in [0.25, 0.3) is 10.8 Å². The van der Waals surface area contributed by atoms with Gasteiger partial charge in [0, 0.05) is 13.0 Å². The number of phenols is 1. The number of aromatic hydroxyl groups is 1. The van der Waals surface area contributed by atoms with Gasteiger partial charge in [-0.15, -0.1) is 0 Å². The number of benzene rings is 3. The fourth-order valence-electron chi connectivity index (χ4n) is 4.04. The topological polar surface area (TPSA) is 194 Å². The minimum Gasteiger partial charge on any atom is -0.508 e. The Morgan fingerprint density at radius 3 is 2.27 bits per heavy atom. The van der Waals surface area contributed by atoms with E-state index in [4.69, 9.17) is 21.3 Å². The maximum Gasteiger partial charge on any atom is 0.303 e. The highest BCUT2D eigenvalue weighted by molar-refractivity contribution is 6.03. The fourth-order valence-corrected chi connectivity index (χ4v) is 4.04. The maximum absolute atomic E-state index is 13.1. The number of nitrogens with two attached hydrogens (primary N) is 2. The van der Waals surface area contributed by atoms with Crippen LogP contribution in [0.2, 0.25) is 0 Å². The van der Waals surface area contributed by atoms with Crippen LogP contribution in [0, 0.1) is 0 Å². The van der Waals surface area contributed by atoms with Gasteiger partial charge in [-0.2, -0.15) is 0 Å². The molecule has 2 atom stereocenters. The summed E-state index contributed by atoms with van der Waals surface area (Å²) >= 11 is 0. The van der Waals surface area contributed by atoms with Gasteiger partial charge in [0.05, 0.1) is 18.2 Å². The average molecular weight is 551 g/mol. The highest BCUT2D eigenvalue weighted by Crippen LogP contribution is 2.27. The summed E-state index contributed by atoms with van der Waals surface area (Å²) in [5.74, 6) is -2.38. The van der Waals surface area contributed by atoms with Crippen molar-refractivity contribution in [2.75, 3.05) is 13.2 Å². The lowest BCUT2D eigenvalue weighted by atomic mass is 10.0. The Bertz CT molecular complexity index is 1340. The quantitative estimate of drug-likeness (QED) is 0.154. The molecule has 2 unspecified atom stereocenters. The predicted octanol–water partition coefficient (Wildman–Crippen LogP) is 1.84. The number of amides is 3. The van der Waals surface area contributed by atoms with Gasteiger partial charge in [0.1, 0.15) is 17.5 Å². The summed E-state index contributed by atoms with van der Waals surface area (Å²) in [5, 5.41) is 25.2. The SMILES string of the molecule is NC(=O)C(CCC(=O)O)NC(=O)c1cc2ccccc2cc1OCCCCNC(=O)C(N)Cc1ccc(O)cc1. The van der Waals surface area contributed by atoms with Crippen molar-refractivity contribution in [3.05, 3.63) is 71.8 Å². The van der Waals surface area contributed by atoms with Crippen LogP contribution in [-0.2, 0) is 20.8 Å². The van der Waals surface area contributed by atoms with Crippen molar-refractivity contribution >= 4 is 34.5 Å². The number of nitrogens with one attached hydrogen (secondary N) is 2. The molecule has 0 spiro atoms. The largest absolute Gasteiger partial charge is 0.508 e. The van der Waals surface area contributed by atoms with E-state index < -0.39 is 29.9 Å². The van der Waals surface area contributed by atoms with Crippen molar-refractivity contribution in [3.8, 4) is 11.5 Å². The van der Waals surface area contributed by atoms with Gasteiger partial charge in [0.2, 0.25) is 11.8 Å². The molecule has 212 valence electrons. The average Bonchev–Trinajstić information content (AvgIpc) is 2.93. The van der Waals surface area contributed by atoms with Crippen molar-refractivity contribution in [1.82, 2.24) is 10.6 Å². The van der Waals surface area contributed by atoms with E-state index in [1.165, 1.54) is 0 Å². The van der Waals surface area contributed by atoms with Crippen LogP contribution >= 0.6 is 0 Å². The second-order valence-corrected chi connectivity index (χ2v) is 9.38. The van der Waals surface area contributed by atoms with Gasteiger partial charge in [0.25, 0.3) is 5.91 Å². The van der Waals surface area contributed by atoms with E-state index in [2.05, 4.69) is 10.6 Å². The lowest BCUT2D eigenvalue weighted by Gasteiger charge is -2.17. The lowest BCUT2D eigenvalue weighted by molar-refractivity contribution is -0.137. The number of carbonyl (C=O) groups excluding carboxylic acids is 3. The standard InChI is InChI=1S/C29H34N4O7/c30-23(15-18-7-9-21(34)10-8-18)29(39)32-13-3-4-14-40-25-17-20-6-2-1-5-19(20)16-22(25)28(38)33-24(27(31)37)11-12-26(35)36/h1-2,5-10,16-17,23-24,34H,3-4,11-15,30H2,(H2,31,37)(H,32,39)(H,33,38)(H,35,36).